The van der Waals surface area contributed by atoms with Crippen LogP contribution in [0.2, 0.25) is 0 Å². The van der Waals surface area contributed by atoms with Crippen LogP contribution in [0.5, 0.6) is 0 Å². The second-order valence-corrected chi connectivity index (χ2v) is 7.11. The first kappa shape index (κ1) is 19.6. The third kappa shape index (κ3) is 3.60. The number of fused-ring (bicyclic) bond motifs is 1. The smallest absolute Gasteiger partial charge is 0.251 e. The lowest BCUT2D eigenvalue weighted by molar-refractivity contribution is 0.627. The molecule has 158 valence electrons. The molecule has 5 rings (SSSR count). The number of rotatable bonds is 5. The van der Waals surface area contributed by atoms with Gasteiger partial charge in [0.25, 0.3) is 5.56 Å². The largest absolute Gasteiger partial charge is 0.357 e. The molecule has 0 fully saturated rings. The molecule has 0 radical (unpaired) electrons. The zero-order chi connectivity index (χ0) is 22.1. The average Bonchev–Trinajstić information content (AvgIpc) is 3.21. The first-order valence-corrected chi connectivity index (χ1v) is 9.92. The van der Waals surface area contributed by atoms with Crippen LogP contribution >= 0.6 is 0 Å². The molecular formula is C23H18FN7O. The minimum atomic E-state index is -0.326. The number of benzene rings is 1. The Kier molecular flexibility index (Phi) is 4.91. The number of anilines is 1. The number of hydrogen-bond donors (Lipinski definition) is 1. The third-order valence-electron chi connectivity index (χ3n) is 5.05. The maximum absolute atomic E-state index is 13.4. The van der Waals surface area contributed by atoms with Crippen LogP contribution in [-0.4, -0.2) is 36.3 Å². The van der Waals surface area contributed by atoms with Crippen molar-refractivity contribution in [3.05, 3.63) is 95.1 Å². The van der Waals surface area contributed by atoms with Gasteiger partial charge in [0.15, 0.2) is 5.65 Å². The van der Waals surface area contributed by atoms with Crippen molar-refractivity contribution in [1.29, 1.82) is 0 Å². The number of nitrogens with zero attached hydrogens (tertiary/aromatic N) is 6. The second-order valence-electron chi connectivity index (χ2n) is 7.11. The van der Waals surface area contributed by atoms with Gasteiger partial charge in [0, 0.05) is 42.7 Å². The molecule has 4 heterocycles. The summed E-state index contributed by atoms with van der Waals surface area (Å²) in [5.41, 5.74) is 3.14. The summed E-state index contributed by atoms with van der Waals surface area (Å²) >= 11 is 0. The Bertz CT molecular complexity index is 1470. The summed E-state index contributed by atoms with van der Waals surface area (Å²) < 4.78 is 16.6. The summed E-state index contributed by atoms with van der Waals surface area (Å²) in [5, 5.41) is 8.37. The Labute approximate surface area is 182 Å². The van der Waals surface area contributed by atoms with E-state index in [-0.39, 0.29) is 11.4 Å². The predicted octanol–water partition coefficient (Wildman–Crippen LogP) is 3.27. The van der Waals surface area contributed by atoms with Gasteiger partial charge in [-0.15, -0.1) is 0 Å². The van der Waals surface area contributed by atoms with Crippen LogP contribution in [-0.2, 0) is 6.54 Å². The van der Waals surface area contributed by atoms with Gasteiger partial charge in [-0.3, -0.25) is 4.79 Å². The molecule has 5 aromatic rings. The van der Waals surface area contributed by atoms with E-state index in [0.29, 0.717) is 35.1 Å². The molecule has 0 aliphatic heterocycles. The van der Waals surface area contributed by atoms with Gasteiger partial charge >= 0.3 is 0 Å². The highest BCUT2D eigenvalue weighted by atomic mass is 19.1. The van der Waals surface area contributed by atoms with Gasteiger partial charge in [-0.05, 0) is 48.5 Å². The van der Waals surface area contributed by atoms with Crippen molar-refractivity contribution in [3.8, 4) is 16.9 Å². The molecule has 0 aliphatic carbocycles. The van der Waals surface area contributed by atoms with Crippen LogP contribution < -0.4 is 10.9 Å². The Morgan fingerprint density at radius 3 is 2.66 bits per heavy atom. The Morgan fingerprint density at radius 2 is 1.88 bits per heavy atom. The maximum atomic E-state index is 13.4. The molecule has 4 aromatic heterocycles. The van der Waals surface area contributed by atoms with E-state index in [1.807, 2.05) is 18.2 Å². The Balaban J connectivity index is 1.55. The minimum absolute atomic E-state index is 0.180. The fourth-order valence-electron chi connectivity index (χ4n) is 3.49. The van der Waals surface area contributed by atoms with Crippen molar-refractivity contribution in [3.63, 3.8) is 0 Å². The lowest BCUT2D eigenvalue weighted by Crippen LogP contribution is -2.20. The molecule has 0 spiro atoms. The van der Waals surface area contributed by atoms with E-state index in [1.165, 1.54) is 12.1 Å². The minimum Gasteiger partial charge on any atom is -0.357 e. The second kappa shape index (κ2) is 8.03. The molecule has 1 N–H and O–H groups in total. The molecule has 0 atom stereocenters. The van der Waals surface area contributed by atoms with Gasteiger partial charge in [0.05, 0.1) is 17.9 Å². The Hall–Kier alpha value is -4.40. The Morgan fingerprint density at radius 1 is 1.03 bits per heavy atom. The molecule has 8 nitrogen and oxygen atoms in total. The van der Waals surface area contributed by atoms with Crippen LogP contribution in [0.3, 0.4) is 0 Å². The van der Waals surface area contributed by atoms with E-state index < -0.39 is 0 Å². The summed E-state index contributed by atoms with van der Waals surface area (Å²) in [4.78, 5) is 25.7. The molecule has 0 aliphatic rings. The van der Waals surface area contributed by atoms with Gasteiger partial charge in [0.1, 0.15) is 11.5 Å². The normalized spacial score (nSPS) is 11.1. The van der Waals surface area contributed by atoms with Crippen molar-refractivity contribution in [2.24, 2.45) is 0 Å². The summed E-state index contributed by atoms with van der Waals surface area (Å²) in [6.07, 6.45) is 5.04. The molecule has 0 saturated heterocycles. The van der Waals surface area contributed by atoms with Crippen molar-refractivity contribution in [1.82, 2.24) is 29.3 Å². The molecular weight excluding hydrogens is 409 g/mol. The zero-order valence-electron chi connectivity index (χ0n) is 17.1. The molecule has 32 heavy (non-hydrogen) atoms. The summed E-state index contributed by atoms with van der Waals surface area (Å²) in [7, 11) is 1.74. The van der Waals surface area contributed by atoms with Gasteiger partial charge in [-0.2, -0.15) is 5.10 Å². The average molecular weight is 427 g/mol. The van der Waals surface area contributed by atoms with Gasteiger partial charge in [-0.1, -0.05) is 0 Å². The molecule has 0 saturated carbocycles. The SMILES string of the molecule is CNc1nccc(Cn2ccc(-c3nn(-c4ccc(F)cc4)c4ncccc34)cc2=O)n1. The first-order valence-electron chi connectivity index (χ1n) is 9.92. The van der Waals surface area contributed by atoms with Crippen LogP contribution in [0, 0.1) is 5.82 Å². The predicted molar refractivity (Wildman–Crippen MR) is 119 cm³/mol. The lowest BCUT2D eigenvalue weighted by Gasteiger charge is -2.07. The van der Waals surface area contributed by atoms with Crippen molar-refractivity contribution < 1.29 is 4.39 Å². The highest BCUT2D eigenvalue weighted by molar-refractivity contribution is 5.91. The number of hydrogen-bond acceptors (Lipinski definition) is 6. The standard InChI is InChI=1S/C23H18FN7O/c1-25-23-27-11-8-17(28-23)14-30-12-9-15(13-20(30)32)21-19-3-2-10-26-22(19)31(29-21)18-6-4-16(24)5-7-18/h2-13H,14H2,1H3,(H,25,27,28). The number of nitrogens with one attached hydrogen (secondary N) is 1. The van der Waals surface area contributed by atoms with Crippen molar-refractivity contribution >= 4 is 17.0 Å². The van der Waals surface area contributed by atoms with Gasteiger partial charge in [-0.25, -0.2) is 24.0 Å². The van der Waals surface area contributed by atoms with Crippen LogP contribution in [0.15, 0.2) is 78.0 Å². The van der Waals surface area contributed by atoms with Crippen molar-refractivity contribution in [2.75, 3.05) is 12.4 Å². The van der Waals surface area contributed by atoms with E-state index >= 15 is 0 Å². The quantitative estimate of drug-likeness (QED) is 0.463. The van der Waals surface area contributed by atoms with E-state index in [1.54, 1.807) is 59.2 Å². The maximum Gasteiger partial charge on any atom is 0.251 e. The fraction of sp³-hybridized carbons (Fsp3) is 0.0870. The van der Waals surface area contributed by atoms with E-state index in [0.717, 1.165) is 11.1 Å². The van der Waals surface area contributed by atoms with Crippen LogP contribution in [0.4, 0.5) is 10.3 Å². The van der Waals surface area contributed by atoms with Crippen molar-refractivity contribution in [2.45, 2.75) is 6.54 Å². The highest BCUT2D eigenvalue weighted by Crippen LogP contribution is 2.28. The van der Waals surface area contributed by atoms with Gasteiger partial charge in [0.2, 0.25) is 5.95 Å². The zero-order valence-corrected chi connectivity index (χ0v) is 17.1. The van der Waals surface area contributed by atoms with Gasteiger partial charge < -0.3 is 9.88 Å². The lowest BCUT2D eigenvalue weighted by atomic mass is 10.1. The molecule has 0 amide bonds. The third-order valence-corrected chi connectivity index (χ3v) is 5.05. The monoisotopic (exact) mass is 427 g/mol. The van der Waals surface area contributed by atoms with E-state index in [9.17, 15) is 9.18 Å². The highest BCUT2D eigenvalue weighted by Gasteiger charge is 2.15. The van der Waals surface area contributed by atoms with Crippen LogP contribution in [0.25, 0.3) is 28.0 Å². The number of halogens is 1. The van der Waals surface area contributed by atoms with E-state index in [4.69, 9.17) is 5.10 Å². The molecule has 1 aromatic carbocycles. The molecule has 0 unspecified atom stereocenters. The number of pyridine rings is 2. The van der Waals surface area contributed by atoms with E-state index in [2.05, 4.69) is 20.3 Å². The summed E-state index contributed by atoms with van der Waals surface area (Å²) in [6, 6.07) is 14.9. The topological polar surface area (TPSA) is 90.5 Å². The number of aromatic nitrogens is 6. The molecule has 0 bridgehead atoms. The van der Waals surface area contributed by atoms with Crippen LogP contribution in [0.1, 0.15) is 5.69 Å². The molecule has 9 heteroatoms. The summed E-state index contributed by atoms with van der Waals surface area (Å²) in [6.45, 7) is 0.322. The summed E-state index contributed by atoms with van der Waals surface area (Å²) in [5.74, 6) is 0.171. The first-order chi connectivity index (χ1) is 15.6. The fourth-order valence-corrected chi connectivity index (χ4v) is 3.49.